The van der Waals surface area contributed by atoms with Crippen LogP contribution in [0.25, 0.3) is 0 Å². The number of aromatic nitrogens is 3. The maximum atomic E-state index is 12.9. The Morgan fingerprint density at radius 1 is 0.742 bits per heavy atom. The molecule has 5 heteroatoms. The molecule has 0 aliphatic heterocycles. The summed E-state index contributed by atoms with van der Waals surface area (Å²) in [7, 11) is -1.94. The summed E-state index contributed by atoms with van der Waals surface area (Å²) in [5.74, 6) is 0.315. The van der Waals surface area contributed by atoms with Crippen molar-refractivity contribution in [3.63, 3.8) is 0 Å². The van der Waals surface area contributed by atoms with E-state index >= 15 is 0 Å². The van der Waals surface area contributed by atoms with E-state index in [4.69, 9.17) is 0 Å². The first kappa shape index (κ1) is 21.1. The fourth-order valence-electron chi connectivity index (χ4n) is 4.11. The monoisotopic (exact) mass is 428 g/mol. The molecule has 156 valence electrons. The van der Waals surface area contributed by atoms with Crippen molar-refractivity contribution in [1.82, 2.24) is 15.4 Å². The van der Waals surface area contributed by atoms with Crippen LogP contribution >= 0.6 is 7.26 Å². The van der Waals surface area contributed by atoms with Gasteiger partial charge in [0.2, 0.25) is 0 Å². The summed E-state index contributed by atoms with van der Waals surface area (Å²) in [4.78, 5) is 12.9. The topological polar surface area (TPSA) is 58.6 Å². The van der Waals surface area contributed by atoms with E-state index in [1.54, 1.807) is 6.20 Å². The van der Waals surface area contributed by atoms with E-state index < -0.39 is 7.26 Å². The minimum Gasteiger partial charge on any atom is -0.300 e. The second-order valence-electron chi connectivity index (χ2n) is 7.64. The SMILES string of the molecule is O=C(CCCc1cn[nH]n1)CC[P+](c1ccccc1)(c1ccccc1)c1ccccc1. The highest BCUT2D eigenvalue weighted by Crippen LogP contribution is 2.55. The fraction of sp³-hybridized carbons (Fsp3) is 0.192. The lowest BCUT2D eigenvalue weighted by Gasteiger charge is -2.27. The summed E-state index contributed by atoms with van der Waals surface area (Å²) in [5.41, 5.74) is 0.910. The van der Waals surface area contributed by atoms with Crippen LogP contribution in [-0.2, 0) is 11.2 Å². The molecule has 0 fully saturated rings. The Morgan fingerprint density at radius 2 is 1.26 bits per heavy atom. The molecule has 4 aromatic rings. The van der Waals surface area contributed by atoms with Crippen molar-refractivity contribution in [2.24, 2.45) is 0 Å². The molecule has 0 amide bonds. The maximum Gasteiger partial charge on any atom is 0.136 e. The van der Waals surface area contributed by atoms with Crippen LogP contribution in [0, 0.1) is 0 Å². The first-order chi connectivity index (χ1) is 15.3. The number of hydrogen-bond acceptors (Lipinski definition) is 3. The van der Waals surface area contributed by atoms with Crippen LogP contribution < -0.4 is 15.9 Å². The van der Waals surface area contributed by atoms with Crippen molar-refractivity contribution in [3.05, 3.63) is 103 Å². The van der Waals surface area contributed by atoms with Crippen LogP contribution in [0.15, 0.2) is 97.2 Å². The Balaban J connectivity index is 1.61. The lowest BCUT2D eigenvalue weighted by Crippen LogP contribution is -2.34. The molecule has 0 radical (unpaired) electrons. The van der Waals surface area contributed by atoms with Gasteiger partial charge in [0, 0.05) is 12.8 Å². The quantitative estimate of drug-likeness (QED) is 0.387. The molecule has 1 aromatic heterocycles. The summed E-state index contributed by atoms with van der Waals surface area (Å²) in [6, 6.07) is 32.2. The van der Waals surface area contributed by atoms with Crippen LogP contribution in [0.1, 0.15) is 25.0 Å². The number of aromatic amines is 1. The molecule has 0 bridgehead atoms. The molecule has 4 rings (SSSR count). The predicted octanol–water partition coefficient (Wildman–Crippen LogP) is 4.08. The zero-order valence-corrected chi connectivity index (χ0v) is 18.4. The number of H-pyrrole nitrogens is 1. The van der Waals surface area contributed by atoms with E-state index in [2.05, 4.69) is 106 Å². The van der Waals surface area contributed by atoms with Gasteiger partial charge < -0.3 is 0 Å². The normalized spacial score (nSPS) is 11.4. The number of nitrogens with one attached hydrogen (secondary N) is 1. The Morgan fingerprint density at radius 3 is 1.71 bits per heavy atom. The molecular formula is C26H27N3OP+. The zero-order chi connectivity index (χ0) is 21.4. The summed E-state index contributed by atoms with van der Waals surface area (Å²) in [6.45, 7) is 0. The Bertz CT molecular complexity index is 971. The van der Waals surface area contributed by atoms with Crippen molar-refractivity contribution in [3.8, 4) is 0 Å². The lowest BCUT2D eigenvalue weighted by atomic mass is 10.1. The molecule has 31 heavy (non-hydrogen) atoms. The van der Waals surface area contributed by atoms with Crippen molar-refractivity contribution in [1.29, 1.82) is 0 Å². The molecule has 0 aliphatic rings. The Labute approximate surface area is 184 Å². The van der Waals surface area contributed by atoms with Gasteiger partial charge in [0.1, 0.15) is 29.0 Å². The average molecular weight is 428 g/mol. The highest BCUT2D eigenvalue weighted by atomic mass is 31.2. The first-order valence-electron chi connectivity index (χ1n) is 10.7. The van der Waals surface area contributed by atoms with Crippen LogP contribution in [0.5, 0.6) is 0 Å². The minimum atomic E-state index is -1.94. The van der Waals surface area contributed by atoms with E-state index in [0.717, 1.165) is 24.7 Å². The van der Waals surface area contributed by atoms with Gasteiger partial charge in [-0.05, 0) is 49.2 Å². The minimum absolute atomic E-state index is 0.315. The molecule has 1 heterocycles. The van der Waals surface area contributed by atoms with Crippen LogP contribution in [0.2, 0.25) is 0 Å². The van der Waals surface area contributed by atoms with Gasteiger partial charge in [0.15, 0.2) is 0 Å². The van der Waals surface area contributed by atoms with E-state index in [1.807, 2.05) is 0 Å². The smallest absolute Gasteiger partial charge is 0.136 e. The fourth-order valence-corrected chi connectivity index (χ4v) is 8.41. The van der Waals surface area contributed by atoms with Crippen molar-refractivity contribution < 1.29 is 4.79 Å². The molecule has 0 spiro atoms. The molecule has 4 nitrogen and oxygen atoms in total. The molecule has 0 saturated heterocycles. The number of Topliss-reactive ketones (excluding diaryl/α,β-unsaturated/α-hetero) is 1. The largest absolute Gasteiger partial charge is 0.300 e. The maximum absolute atomic E-state index is 12.9. The number of nitrogens with zero attached hydrogens (tertiary/aromatic N) is 2. The molecule has 0 unspecified atom stereocenters. The van der Waals surface area contributed by atoms with Crippen molar-refractivity contribution in [2.75, 3.05) is 6.16 Å². The summed E-state index contributed by atoms with van der Waals surface area (Å²) in [5, 5.41) is 14.5. The van der Waals surface area contributed by atoms with Crippen LogP contribution in [0.4, 0.5) is 0 Å². The number of aryl methyl sites for hydroxylation is 1. The number of ketones is 1. The zero-order valence-electron chi connectivity index (χ0n) is 17.5. The third-order valence-electron chi connectivity index (χ3n) is 5.67. The van der Waals surface area contributed by atoms with Gasteiger partial charge in [-0.2, -0.15) is 15.4 Å². The second kappa shape index (κ2) is 10.3. The number of rotatable bonds is 10. The number of carbonyl (C=O) groups is 1. The van der Waals surface area contributed by atoms with E-state index in [1.165, 1.54) is 15.9 Å². The predicted molar refractivity (Wildman–Crippen MR) is 129 cm³/mol. The van der Waals surface area contributed by atoms with Crippen molar-refractivity contribution >= 4 is 29.0 Å². The van der Waals surface area contributed by atoms with Gasteiger partial charge in [-0.3, -0.25) is 4.79 Å². The number of hydrogen-bond donors (Lipinski definition) is 1. The Hall–Kier alpha value is -3.10. The van der Waals surface area contributed by atoms with E-state index in [-0.39, 0.29) is 0 Å². The third-order valence-corrected chi connectivity index (χ3v) is 10.1. The summed E-state index contributed by atoms with van der Waals surface area (Å²) in [6.07, 6.45) is 5.29. The average Bonchev–Trinajstić information content (AvgIpc) is 3.35. The molecule has 0 saturated carbocycles. The highest BCUT2D eigenvalue weighted by Gasteiger charge is 2.45. The lowest BCUT2D eigenvalue weighted by molar-refractivity contribution is -0.118. The van der Waals surface area contributed by atoms with Gasteiger partial charge in [0.05, 0.1) is 18.1 Å². The third kappa shape index (κ3) is 4.98. The molecular weight excluding hydrogens is 401 g/mol. The second-order valence-corrected chi connectivity index (χ2v) is 11.3. The number of benzene rings is 3. The van der Waals surface area contributed by atoms with E-state index in [0.29, 0.717) is 18.6 Å². The Kier molecular flexibility index (Phi) is 7.01. The van der Waals surface area contributed by atoms with Gasteiger partial charge in [-0.1, -0.05) is 54.6 Å². The van der Waals surface area contributed by atoms with Crippen LogP contribution in [0.3, 0.4) is 0 Å². The highest BCUT2D eigenvalue weighted by molar-refractivity contribution is 7.95. The first-order valence-corrected chi connectivity index (χ1v) is 12.7. The summed E-state index contributed by atoms with van der Waals surface area (Å²) >= 11 is 0. The summed E-state index contributed by atoms with van der Waals surface area (Å²) < 4.78 is 0. The van der Waals surface area contributed by atoms with Gasteiger partial charge >= 0.3 is 0 Å². The van der Waals surface area contributed by atoms with E-state index in [9.17, 15) is 4.79 Å². The van der Waals surface area contributed by atoms with Gasteiger partial charge in [-0.15, -0.1) is 0 Å². The molecule has 1 N–H and O–H groups in total. The standard InChI is InChI=1S/C26H27N3OP/c30-23(12-10-11-22-21-27-29-28-22)19-20-31(24-13-4-1-5-14-24,25-15-6-2-7-16-25)26-17-8-3-9-18-26/h1-9,13-18,21H,10-12,19-20H2,(H,27,28,29)/q+1. The van der Waals surface area contributed by atoms with Crippen LogP contribution in [-0.4, -0.2) is 27.4 Å². The molecule has 0 aliphatic carbocycles. The molecule has 0 atom stereocenters. The van der Waals surface area contributed by atoms with Gasteiger partial charge in [0.25, 0.3) is 0 Å². The molecule has 3 aromatic carbocycles. The van der Waals surface area contributed by atoms with Crippen molar-refractivity contribution in [2.45, 2.75) is 25.7 Å². The number of carbonyl (C=O) groups excluding carboxylic acids is 1. The van der Waals surface area contributed by atoms with Gasteiger partial charge in [-0.25, -0.2) is 0 Å².